The van der Waals surface area contributed by atoms with E-state index in [0.717, 1.165) is 26.8 Å². The molecule has 1 aromatic carbocycles. The molecule has 0 atom stereocenters. The van der Waals surface area contributed by atoms with Crippen LogP contribution in [-0.2, 0) is 4.79 Å². The molecule has 2 heterocycles. The highest BCUT2D eigenvalue weighted by molar-refractivity contribution is 9.10. The molecule has 1 N–H and O–H groups in total. The molecule has 0 spiro atoms. The fourth-order valence-electron chi connectivity index (χ4n) is 1.94. The fraction of sp³-hybridized carbons (Fsp3) is 0. The minimum atomic E-state index is -0.401. The Hall–Kier alpha value is -2.03. The molecule has 0 radical (unpaired) electrons. The van der Waals surface area contributed by atoms with Crippen molar-refractivity contribution in [3.05, 3.63) is 69.3 Å². The lowest BCUT2D eigenvalue weighted by Crippen LogP contribution is -2.44. The van der Waals surface area contributed by atoms with Gasteiger partial charge in [0.05, 0.1) is 4.91 Å². The summed E-state index contributed by atoms with van der Waals surface area (Å²) in [6, 6.07) is 10.4. The maximum atomic E-state index is 12.4. The third-order valence-electron chi connectivity index (χ3n) is 3.10. The molecule has 5 nitrogen and oxygen atoms in total. The molecule has 2 aromatic rings. The topological polar surface area (TPSA) is 62.3 Å². The van der Waals surface area contributed by atoms with Crippen LogP contribution in [0.1, 0.15) is 15.9 Å². The predicted octanol–water partition coefficient (Wildman–Crippen LogP) is 3.39. The maximum absolute atomic E-state index is 12.4. The molecule has 1 aromatic heterocycles. The third kappa shape index (κ3) is 3.72. The largest absolute Gasteiger partial charge is 0.285 e. The van der Waals surface area contributed by atoms with E-state index in [1.807, 2.05) is 6.07 Å². The van der Waals surface area contributed by atoms with Crippen molar-refractivity contribution in [3.8, 4) is 0 Å². The molecule has 2 amide bonds. The summed E-state index contributed by atoms with van der Waals surface area (Å²) in [5.41, 5.74) is 3.76. The Morgan fingerprint density at radius 1 is 1.29 bits per heavy atom. The molecular formula is C16H10BrN3O2S2. The second-order valence-corrected chi connectivity index (χ2v) is 7.34. The molecule has 120 valence electrons. The molecule has 1 aliphatic rings. The van der Waals surface area contributed by atoms with Gasteiger partial charge >= 0.3 is 0 Å². The lowest BCUT2D eigenvalue weighted by atomic mass is 10.2. The zero-order valence-electron chi connectivity index (χ0n) is 12.1. The van der Waals surface area contributed by atoms with Crippen LogP contribution in [0.15, 0.2) is 58.2 Å². The van der Waals surface area contributed by atoms with E-state index in [1.54, 1.807) is 48.8 Å². The van der Waals surface area contributed by atoms with Gasteiger partial charge in [-0.3, -0.25) is 20.0 Å². The van der Waals surface area contributed by atoms with E-state index in [2.05, 4.69) is 26.3 Å². The third-order valence-corrected chi connectivity index (χ3v) is 4.93. The number of amides is 2. The number of hydrazine groups is 1. The zero-order valence-corrected chi connectivity index (χ0v) is 15.3. The number of hydrogen-bond donors (Lipinski definition) is 1. The number of pyridine rings is 1. The SMILES string of the molecule is O=C(NN1C(=O)/C(=C/c2cccnc2)SC1=S)c1ccc(Br)cc1. The summed E-state index contributed by atoms with van der Waals surface area (Å²) >= 11 is 9.63. The second-order valence-electron chi connectivity index (χ2n) is 4.75. The highest BCUT2D eigenvalue weighted by Gasteiger charge is 2.33. The lowest BCUT2D eigenvalue weighted by molar-refractivity contribution is -0.123. The number of nitrogens with one attached hydrogen (secondary N) is 1. The van der Waals surface area contributed by atoms with Gasteiger partial charge in [-0.2, -0.15) is 5.01 Å². The Morgan fingerprint density at radius 2 is 2.04 bits per heavy atom. The smallest absolute Gasteiger partial charge is 0.267 e. The van der Waals surface area contributed by atoms with E-state index in [1.165, 1.54) is 0 Å². The van der Waals surface area contributed by atoms with Crippen molar-refractivity contribution in [2.24, 2.45) is 0 Å². The van der Waals surface area contributed by atoms with Crippen LogP contribution >= 0.6 is 39.9 Å². The van der Waals surface area contributed by atoms with E-state index in [-0.39, 0.29) is 10.2 Å². The molecule has 1 aliphatic heterocycles. The van der Waals surface area contributed by atoms with Crippen molar-refractivity contribution in [3.63, 3.8) is 0 Å². The minimum Gasteiger partial charge on any atom is -0.267 e. The summed E-state index contributed by atoms with van der Waals surface area (Å²) in [6.45, 7) is 0. The summed E-state index contributed by atoms with van der Waals surface area (Å²) in [7, 11) is 0. The number of carbonyl (C=O) groups excluding carboxylic acids is 2. The number of thioether (sulfide) groups is 1. The van der Waals surface area contributed by atoms with Crippen LogP contribution in [0.3, 0.4) is 0 Å². The van der Waals surface area contributed by atoms with Crippen molar-refractivity contribution in [1.29, 1.82) is 0 Å². The first-order valence-corrected chi connectivity index (χ1v) is 8.81. The molecule has 1 saturated heterocycles. The molecule has 0 saturated carbocycles. The average Bonchev–Trinajstić information content (AvgIpc) is 2.84. The number of hydrogen-bond acceptors (Lipinski definition) is 5. The Labute approximate surface area is 156 Å². The van der Waals surface area contributed by atoms with E-state index >= 15 is 0 Å². The number of benzene rings is 1. The fourth-order valence-corrected chi connectivity index (χ4v) is 3.39. The van der Waals surface area contributed by atoms with Crippen LogP contribution in [0.25, 0.3) is 6.08 Å². The van der Waals surface area contributed by atoms with Gasteiger partial charge in [0, 0.05) is 22.4 Å². The van der Waals surface area contributed by atoms with Gasteiger partial charge in [-0.25, -0.2) is 0 Å². The summed E-state index contributed by atoms with van der Waals surface area (Å²) in [4.78, 5) is 29.1. The molecule has 0 unspecified atom stereocenters. The van der Waals surface area contributed by atoms with Crippen LogP contribution in [-0.4, -0.2) is 26.1 Å². The summed E-state index contributed by atoms with van der Waals surface area (Å²) in [5.74, 6) is -0.763. The first-order valence-electron chi connectivity index (χ1n) is 6.79. The summed E-state index contributed by atoms with van der Waals surface area (Å²) < 4.78 is 1.14. The quantitative estimate of drug-likeness (QED) is 0.610. The lowest BCUT2D eigenvalue weighted by Gasteiger charge is -2.15. The monoisotopic (exact) mass is 419 g/mol. The number of carbonyl (C=O) groups is 2. The average molecular weight is 420 g/mol. The summed E-state index contributed by atoms with van der Waals surface area (Å²) in [5, 5.41) is 1.09. The number of aromatic nitrogens is 1. The van der Waals surface area contributed by atoms with E-state index in [0.29, 0.717) is 10.5 Å². The van der Waals surface area contributed by atoms with E-state index in [9.17, 15) is 9.59 Å². The van der Waals surface area contributed by atoms with Crippen molar-refractivity contribution < 1.29 is 9.59 Å². The molecular weight excluding hydrogens is 410 g/mol. The van der Waals surface area contributed by atoms with Crippen molar-refractivity contribution in [1.82, 2.24) is 15.4 Å². The van der Waals surface area contributed by atoms with Crippen molar-refractivity contribution >= 4 is 62.1 Å². The second kappa shape index (κ2) is 7.25. The minimum absolute atomic E-state index is 0.278. The van der Waals surface area contributed by atoms with Gasteiger partial charge in [-0.1, -0.05) is 33.8 Å². The Bertz CT molecular complexity index is 838. The molecule has 8 heteroatoms. The first-order chi connectivity index (χ1) is 11.5. The Balaban J connectivity index is 1.76. The molecule has 0 bridgehead atoms. The van der Waals surface area contributed by atoms with Gasteiger partial charge in [0.1, 0.15) is 0 Å². The van der Waals surface area contributed by atoms with Crippen LogP contribution in [0.5, 0.6) is 0 Å². The van der Waals surface area contributed by atoms with Crippen molar-refractivity contribution in [2.75, 3.05) is 0 Å². The Kier molecular flexibility index (Phi) is 5.08. The number of rotatable bonds is 3. The molecule has 24 heavy (non-hydrogen) atoms. The normalized spacial score (nSPS) is 15.9. The first kappa shape index (κ1) is 16.8. The maximum Gasteiger partial charge on any atom is 0.285 e. The van der Waals surface area contributed by atoms with Gasteiger partial charge in [0.25, 0.3) is 11.8 Å². The van der Waals surface area contributed by atoms with Crippen molar-refractivity contribution in [2.45, 2.75) is 0 Å². The summed E-state index contributed by atoms with van der Waals surface area (Å²) in [6.07, 6.45) is 4.99. The van der Waals surface area contributed by atoms with E-state index in [4.69, 9.17) is 12.2 Å². The Morgan fingerprint density at radius 3 is 2.71 bits per heavy atom. The van der Waals surface area contributed by atoms with Gasteiger partial charge in [0.2, 0.25) is 0 Å². The van der Waals surface area contributed by atoms with Crippen LogP contribution in [0.2, 0.25) is 0 Å². The predicted molar refractivity (Wildman–Crippen MR) is 101 cm³/mol. The molecule has 3 rings (SSSR count). The van der Waals surface area contributed by atoms with Crippen LogP contribution < -0.4 is 5.43 Å². The zero-order chi connectivity index (χ0) is 17.1. The molecule has 1 fully saturated rings. The van der Waals surface area contributed by atoms with Crippen LogP contribution in [0, 0.1) is 0 Å². The number of thiocarbonyl (C=S) groups is 1. The van der Waals surface area contributed by atoms with Gasteiger partial charge in [0.15, 0.2) is 4.32 Å². The van der Waals surface area contributed by atoms with Gasteiger partial charge < -0.3 is 0 Å². The van der Waals surface area contributed by atoms with Crippen LogP contribution in [0.4, 0.5) is 0 Å². The number of nitrogens with zero attached hydrogens (tertiary/aromatic N) is 2. The van der Waals surface area contributed by atoms with Gasteiger partial charge in [-0.15, -0.1) is 0 Å². The van der Waals surface area contributed by atoms with Gasteiger partial charge in [-0.05, 0) is 54.2 Å². The standard InChI is InChI=1S/C16H10BrN3O2S2/c17-12-5-3-11(4-6-12)14(21)19-20-15(22)13(24-16(20)23)8-10-2-1-7-18-9-10/h1-9H,(H,19,21)/b13-8-. The highest BCUT2D eigenvalue weighted by atomic mass is 79.9. The number of halogens is 1. The highest BCUT2D eigenvalue weighted by Crippen LogP contribution is 2.31. The van der Waals surface area contributed by atoms with E-state index < -0.39 is 5.91 Å². The molecule has 0 aliphatic carbocycles.